The van der Waals surface area contributed by atoms with Crippen LogP contribution in [0.4, 0.5) is 11.5 Å². The molecule has 1 saturated carbocycles. The minimum Gasteiger partial charge on any atom is -0.396 e. The van der Waals surface area contributed by atoms with Crippen molar-refractivity contribution >= 4 is 17.4 Å². The van der Waals surface area contributed by atoms with Gasteiger partial charge in [0.05, 0.1) is 5.69 Å². The second kappa shape index (κ2) is 5.88. The molecule has 0 spiro atoms. The van der Waals surface area contributed by atoms with Gasteiger partial charge in [-0.25, -0.2) is 4.98 Å². The lowest BCUT2D eigenvalue weighted by Crippen LogP contribution is -2.42. The van der Waals surface area contributed by atoms with E-state index < -0.39 is 5.91 Å². The normalized spacial score (nSPS) is 15.0. The third kappa shape index (κ3) is 2.96. The molecule has 0 radical (unpaired) electrons. The van der Waals surface area contributed by atoms with Gasteiger partial charge in [-0.15, -0.1) is 0 Å². The third-order valence-electron chi connectivity index (χ3n) is 3.50. The van der Waals surface area contributed by atoms with Crippen molar-refractivity contribution in [3.8, 4) is 0 Å². The summed E-state index contributed by atoms with van der Waals surface area (Å²) in [6.07, 6.45) is 4.02. The highest BCUT2D eigenvalue weighted by Crippen LogP contribution is 2.31. The fourth-order valence-electron chi connectivity index (χ4n) is 2.23. The topological polar surface area (TPSA) is 105 Å². The van der Waals surface area contributed by atoms with E-state index in [4.69, 9.17) is 16.6 Å². The van der Waals surface area contributed by atoms with Gasteiger partial charge in [-0.1, -0.05) is 0 Å². The lowest BCUT2D eigenvalue weighted by atomic mass is 9.91. The number of nitrogen functional groups attached to an aromatic ring is 1. The van der Waals surface area contributed by atoms with Crippen LogP contribution in [0.3, 0.4) is 0 Å². The van der Waals surface area contributed by atoms with Crippen LogP contribution >= 0.6 is 0 Å². The molecule has 6 nitrogen and oxygen atoms in total. The van der Waals surface area contributed by atoms with Crippen molar-refractivity contribution in [3.05, 3.63) is 17.8 Å². The van der Waals surface area contributed by atoms with Crippen LogP contribution in [0.15, 0.2) is 12.1 Å². The van der Waals surface area contributed by atoms with E-state index in [2.05, 4.69) is 9.88 Å². The smallest absolute Gasteiger partial charge is 0.267 e. The molecule has 6 heteroatoms. The maximum Gasteiger partial charge on any atom is 0.267 e. The van der Waals surface area contributed by atoms with E-state index in [1.165, 1.54) is 12.5 Å². The minimum atomic E-state index is -0.558. The monoisotopic (exact) mass is 264 g/mol. The standard InChI is InChI=1S/C13H20N4O2/c14-10-5-6-11(12(15)19)16-13(10)17(7-2-8-18)9-3-1-4-9/h5-6,9,18H,1-4,7-8,14H2,(H2,15,19). The fraction of sp³-hybridized carbons (Fsp3) is 0.538. The van der Waals surface area contributed by atoms with Crippen LogP contribution in [-0.4, -0.2) is 35.2 Å². The summed E-state index contributed by atoms with van der Waals surface area (Å²) in [5.41, 5.74) is 12.0. The Morgan fingerprint density at radius 1 is 1.47 bits per heavy atom. The number of hydrogen-bond donors (Lipinski definition) is 3. The summed E-state index contributed by atoms with van der Waals surface area (Å²) in [4.78, 5) is 17.6. The number of aliphatic hydroxyl groups is 1. The zero-order valence-electron chi connectivity index (χ0n) is 10.9. The molecule has 0 aromatic carbocycles. The summed E-state index contributed by atoms with van der Waals surface area (Å²) in [5, 5.41) is 8.99. The number of amides is 1. The van der Waals surface area contributed by atoms with E-state index in [1.807, 2.05) is 0 Å². The van der Waals surface area contributed by atoms with Gasteiger partial charge >= 0.3 is 0 Å². The van der Waals surface area contributed by atoms with Crippen molar-refractivity contribution in [2.75, 3.05) is 23.8 Å². The molecule has 5 N–H and O–H groups in total. The first-order chi connectivity index (χ1) is 9.13. The highest BCUT2D eigenvalue weighted by molar-refractivity contribution is 5.91. The van der Waals surface area contributed by atoms with Gasteiger partial charge in [-0.05, 0) is 37.8 Å². The molecule has 1 aliphatic rings. The van der Waals surface area contributed by atoms with Gasteiger partial charge < -0.3 is 21.5 Å². The highest BCUT2D eigenvalue weighted by atomic mass is 16.3. The Morgan fingerprint density at radius 2 is 2.21 bits per heavy atom. The summed E-state index contributed by atoms with van der Waals surface area (Å²) >= 11 is 0. The van der Waals surface area contributed by atoms with E-state index in [-0.39, 0.29) is 12.3 Å². The number of carbonyl (C=O) groups is 1. The van der Waals surface area contributed by atoms with Gasteiger partial charge in [0.1, 0.15) is 5.69 Å². The molecule has 0 atom stereocenters. The Labute approximate surface area is 112 Å². The van der Waals surface area contributed by atoms with E-state index in [0.717, 1.165) is 12.8 Å². The van der Waals surface area contributed by atoms with Gasteiger partial charge in [-0.3, -0.25) is 4.79 Å². The van der Waals surface area contributed by atoms with Crippen molar-refractivity contribution < 1.29 is 9.90 Å². The molecule has 104 valence electrons. The van der Waals surface area contributed by atoms with Crippen LogP contribution in [0.5, 0.6) is 0 Å². The van der Waals surface area contributed by atoms with Crippen LogP contribution < -0.4 is 16.4 Å². The zero-order chi connectivity index (χ0) is 13.8. The Bertz CT molecular complexity index is 460. The number of nitrogens with zero attached hydrogens (tertiary/aromatic N) is 2. The second-order valence-electron chi connectivity index (χ2n) is 4.83. The van der Waals surface area contributed by atoms with E-state index >= 15 is 0 Å². The predicted octanol–water partition coefficient (Wildman–Crippen LogP) is 0.504. The van der Waals surface area contributed by atoms with Crippen LogP contribution in [0.1, 0.15) is 36.2 Å². The first-order valence-corrected chi connectivity index (χ1v) is 6.57. The third-order valence-corrected chi connectivity index (χ3v) is 3.50. The fourth-order valence-corrected chi connectivity index (χ4v) is 2.23. The van der Waals surface area contributed by atoms with E-state index in [0.29, 0.717) is 30.5 Å². The average molecular weight is 264 g/mol. The number of carbonyl (C=O) groups excluding carboxylic acids is 1. The largest absolute Gasteiger partial charge is 0.396 e. The predicted molar refractivity (Wildman–Crippen MR) is 73.9 cm³/mol. The Balaban J connectivity index is 2.28. The number of aliphatic hydroxyl groups excluding tert-OH is 1. The summed E-state index contributed by atoms with van der Waals surface area (Å²) in [6.45, 7) is 0.805. The summed E-state index contributed by atoms with van der Waals surface area (Å²) < 4.78 is 0. The van der Waals surface area contributed by atoms with Crippen molar-refractivity contribution in [2.45, 2.75) is 31.7 Å². The number of hydrogen-bond acceptors (Lipinski definition) is 5. The lowest BCUT2D eigenvalue weighted by molar-refractivity contribution is 0.0995. The molecule has 1 aromatic rings. The molecule has 1 aromatic heterocycles. The number of rotatable bonds is 6. The Morgan fingerprint density at radius 3 is 2.74 bits per heavy atom. The van der Waals surface area contributed by atoms with Crippen molar-refractivity contribution in [1.82, 2.24) is 4.98 Å². The average Bonchev–Trinajstić information content (AvgIpc) is 2.32. The lowest BCUT2D eigenvalue weighted by Gasteiger charge is -2.39. The molecule has 1 fully saturated rings. The number of pyridine rings is 1. The molecule has 0 bridgehead atoms. The highest BCUT2D eigenvalue weighted by Gasteiger charge is 2.27. The molecule has 2 rings (SSSR count). The molecule has 1 heterocycles. The van der Waals surface area contributed by atoms with Gasteiger partial charge in [0, 0.05) is 19.2 Å². The Hall–Kier alpha value is -1.82. The molecule has 0 aliphatic heterocycles. The summed E-state index contributed by atoms with van der Waals surface area (Å²) in [7, 11) is 0. The van der Waals surface area contributed by atoms with Gasteiger partial charge in [-0.2, -0.15) is 0 Å². The molecule has 0 unspecified atom stereocenters. The van der Waals surface area contributed by atoms with Crippen molar-refractivity contribution in [1.29, 1.82) is 0 Å². The molecular formula is C13H20N4O2. The van der Waals surface area contributed by atoms with Gasteiger partial charge in [0.15, 0.2) is 5.82 Å². The molecule has 19 heavy (non-hydrogen) atoms. The Kier molecular flexibility index (Phi) is 4.21. The number of aromatic nitrogens is 1. The molecular weight excluding hydrogens is 244 g/mol. The quantitative estimate of drug-likeness (QED) is 0.694. The van der Waals surface area contributed by atoms with Crippen LogP contribution in [-0.2, 0) is 0 Å². The molecule has 0 saturated heterocycles. The van der Waals surface area contributed by atoms with Crippen molar-refractivity contribution in [3.63, 3.8) is 0 Å². The molecule has 1 amide bonds. The van der Waals surface area contributed by atoms with Crippen LogP contribution in [0.2, 0.25) is 0 Å². The SMILES string of the molecule is NC(=O)c1ccc(N)c(N(CCCO)C2CCC2)n1. The number of primary amides is 1. The van der Waals surface area contributed by atoms with Crippen LogP contribution in [0, 0.1) is 0 Å². The van der Waals surface area contributed by atoms with Gasteiger partial charge in [0.25, 0.3) is 5.91 Å². The van der Waals surface area contributed by atoms with Crippen molar-refractivity contribution in [2.24, 2.45) is 5.73 Å². The first-order valence-electron chi connectivity index (χ1n) is 6.57. The summed E-state index contributed by atoms with van der Waals surface area (Å²) in [5.74, 6) is 0.0476. The minimum absolute atomic E-state index is 0.124. The van der Waals surface area contributed by atoms with E-state index in [1.54, 1.807) is 6.07 Å². The first kappa shape index (κ1) is 13.6. The number of anilines is 2. The van der Waals surface area contributed by atoms with Crippen LogP contribution in [0.25, 0.3) is 0 Å². The number of nitrogens with two attached hydrogens (primary N) is 2. The summed E-state index contributed by atoms with van der Waals surface area (Å²) in [6, 6.07) is 3.59. The van der Waals surface area contributed by atoms with Gasteiger partial charge in [0.2, 0.25) is 0 Å². The second-order valence-corrected chi connectivity index (χ2v) is 4.83. The maximum absolute atomic E-state index is 11.2. The zero-order valence-corrected chi connectivity index (χ0v) is 10.9. The molecule has 1 aliphatic carbocycles. The van der Waals surface area contributed by atoms with E-state index in [9.17, 15) is 4.79 Å². The maximum atomic E-state index is 11.2.